The molecule has 1 heterocycles. The molecule has 1 N–H and O–H groups in total. The number of ether oxygens (including phenoxy) is 1. The molecule has 0 aliphatic rings. The lowest BCUT2D eigenvalue weighted by Crippen LogP contribution is -2.11. The van der Waals surface area contributed by atoms with E-state index in [0.717, 1.165) is 0 Å². The maximum atomic E-state index is 12.4. The monoisotopic (exact) mass is 361 g/mol. The minimum Gasteiger partial charge on any atom is -0.495 e. The molecule has 0 atom stereocenters. The van der Waals surface area contributed by atoms with Crippen LogP contribution in [0.2, 0.25) is 10.0 Å². The molecular weight excluding hydrogens is 349 g/mol. The van der Waals surface area contributed by atoms with Gasteiger partial charge < -0.3 is 14.5 Å². The predicted octanol–water partition coefficient (Wildman–Crippen LogP) is 5.51. The van der Waals surface area contributed by atoms with Gasteiger partial charge in [-0.2, -0.15) is 0 Å². The largest absolute Gasteiger partial charge is 0.495 e. The third-order valence-electron chi connectivity index (χ3n) is 3.40. The Morgan fingerprint density at radius 2 is 1.83 bits per heavy atom. The number of nitrogens with one attached hydrogen (secondary N) is 1. The van der Waals surface area contributed by atoms with Crippen LogP contribution < -0.4 is 10.1 Å². The van der Waals surface area contributed by atoms with E-state index < -0.39 is 0 Å². The summed E-state index contributed by atoms with van der Waals surface area (Å²) in [5.74, 6) is 0.805. The Labute approximate surface area is 149 Å². The van der Waals surface area contributed by atoms with Crippen LogP contribution in [0.15, 0.2) is 59.0 Å². The molecule has 2 aromatic carbocycles. The maximum absolute atomic E-state index is 12.4. The Morgan fingerprint density at radius 1 is 1.04 bits per heavy atom. The summed E-state index contributed by atoms with van der Waals surface area (Å²) in [6.45, 7) is 0. The number of hydrogen-bond donors (Lipinski definition) is 1. The molecule has 0 saturated heterocycles. The highest BCUT2D eigenvalue weighted by molar-refractivity contribution is 6.43. The second-order valence-electron chi connectivity index (χ2n) is 4.92. The molecule has 0 unspecified atom stereocenters. The smallest absolute Gasteiger partial charge is 0.291 e. The van der Waals surface area contributed by atoms with Crippen molar-refractivity contribution in [3.8, 4) is 17.1 Å². The van der Waals surface area contributed by atoms with Crippen LogP contribution in [0.1, 0.15) is 10.6 Å². The molecule has 0 fully saturated rings. The molecule has 1 amide bonds. The number of carbonyl (C=O) groups excluding carboxylic acids is 1. The van der Waals surface area contributed by atoms with Crippen molar-refractivity contribution in [3.63, 3.8) is 0 Å². The zero-order chi connectivity index (χ0) is 17.1. The maximum Gasteiger partial charge on any atom is 0.291 e. The molecule has 24 heavy (non-hydrogen) atoms. The average Bonchev–Trinajstić information content (AvgIpc) is 3.08. The molecular formula is C18H13Cl2NO3. The van der Waals surface area contributed by atoms with Crippen molar-refractivity contribution >= 4 is 34.8 Å². The highest BCUT2D eigenvalue weighted by Crippen LogP contribution is 2.34. The number of benzene rings is 2. The number of para-hydroxylation sites is 2. The number of halogens is 2. The van der Waals surface area contributed by atoms with Gasteiger partial charge in [0.2, 0.25) is 0 Å². The van der Waals surface area contributed by atoms with Gasteiger partial charge in [0.15, 0.2) is 5.76 Å². The first-order valence-electron chi connectivity index (χ1n) is 7.08. The Hall–Kier alpha value is -2.43. The van der Waals surface area contributed by atoms with Gasteiger partial charge in [-0.1, -0.05) is 41.4 Å². The molecule has 0 radical (unpaired) electrons. The molecule has 3 rings (SSSR count). The molecule has 1 aromatic heterocycles. The first-order valence-corrected chi connectivity index (χ1v) is 7.84. The first-order chi connectivity index (χ1) is 11.6. The minimum absolute atomic E-state index is 0.159. The van der Waals surface area contributed by atoms with E-state index in [1.807, 2.05) is 6.07 Å². The summed E-state index contributed by atoms with van der Waals surface area (Å²) < 4.78 is 10.8. The fourth-order valence-electron chi connectivity index (χ4n) is 2.23. The fraction of sp³-hybridized carbons (Fsp3) is 0.0556. The normalized spacial score (nSPS) is 10.5. The Balaban J connectivity index is 1.85. The zero-order valence-electron chi connectivity index (χ0n) is 12.7. The lowest BCUT2D eigenvalue weighted by atomic mass is 10.2. The summed E-state index contributed by atoms with van der Waals surface area (Å²) in [4.78, 5) is 12.4. The van der Waals surface area contributed by atoms with E-state index in [0.29, 0.717) is 32.8 Å². The Morgan fingerprint density at radius 3 is 2.62 bits per heavy atom. The summed E-state index contributed by atoms with van der Waals surface area (Å²) in [5, 5.41) is 3.55. The van der Waals surface area contributed by atoms with Crippen molar-refractivity contribution in [1.82, 2.24) is 0 Å². The highest BCUT2D eigenvalue weighted by atomic mass is 35.5. The first kappa shape index (κ1) is 16.4. The molecule has 6 heteroatoms. The molecule has 122 valence electrons. The number of rotatable bonds is 4. The van der Waals surface area contributed by atoms with E-state index in [2.05, 4.69) is 5.32 Å². The lowest BCUT2D eigenvalue weighted by molar-refractivity contribution is 0.0997. The van der Waals surface area contributed by atoms with Gasteiger partial charge in [-0.3, -0.25) is 4.79 Å². The van der Waals surface area contributed by atoms with Crippen LogP contribution in [0.4, 0.5) is 5.69 Å². The van der Waals surface area contributed by atoms with E-state index in [9.17, 15) is 4.79 Å². The standard InChI is InChI=1S/C18H13Cl2NO3/c1-23-15-8-3-2-7-13(15)21-18(22)16-10-9-14(24-16)11-5-4-6-12(19)17(11)20/h2-10H,1H3,(H,21,22). The van der Waals surface area contributed by atoms with E-state index in [1.54, 1.807) is 48.5 Å². The third-order valence-corrected chi connectivity index (χ3v) is 4.22. The van der Waals surface area contributed by atoms with Crippen molar-refractivity contribution in [1.29, 1.82) is 0 Å². The SMILES string of the molecule is COc1ccccc1NC(=O)c1ccc(-c2cccc(Cl)c2Cl)o1. The van der Waals surface area contributed by atoms with E-state index in [1.165, 1.54) is 7.11 Å². The van der Waals surface area contributed by atoms with Gasteiger partial charge in [0.25, 0.3) is 5.91 Å². The van der Waals surface area contributed by atoms with Crippen molar-refractivity contribution in [2.75, 3.05) is 12.4 Å². The number of carbonyl (C=O) groups is 1. The molecule has 3 aromatic rings. The summed E-state index contributed by atoms with van der Waals surface area (Å²) in [7, 11) is 1.54. The topological polar surface area (TPSA) is 51.5 Å². The Bertz CT molecular complexity index is 889. The second-order valence-corrected chi connectivity index (χ2v) is 5.70. The van der Waals surface area contributed by atoms with Crippen LogP contribution in [-0.4, -0.2) is 13.0 Å². The summed E-state index contributed by atoms with van der Waals surface area (Å²) in [6, 6.07) is 15.6. The van der Waals surface area contributed by atoms with Crippen molar-refractivity contribution in [2.24, 2.45) is 0 Å². The molecule has 0 aliphatic carbocycles. The number of amides is 1. The van der Waals surface area contributed by atoms with Gasteiger partial charge in [0, 0.05) is 5.56 Å². The van der Waals surface area contributed by atoms with Gasteiger partial charge >= 0.3 is 0 Å². The van der Waals surface area contributed by atoms with Crippen molar-refractivity contribution in [2.45, 2.75) is 0 Å². The number of anilines is 1. The number of hydrogen-bond acceptors (Lipinski definition) is 3. The van der Waals surface area contributed by atoms with Crippen LogP contribution in [0.5, 0.6) is 5.75 Å². The van der Waals surface area contributed by atoms with Gasteiger partial charge in [-0.25, -0.2) is 0 Å². The van der Waals surface area contributed by atoms with Crippen LogP contribution in [0.25, 0.3) is 11.3 Å². The number of methoxy groups -OCH3 is 1. The quantitative estimate of drug-likeness (QED) is 0.665. The van der Waals surface area contributed by atoms with E-state index in [-0.39, 0.29) is 11.7 Å². The molecule has 0 saturated carbocycles. The average molecular weight is 362 g/mol. The third kappa shape index (κ3) is 3.25. The van der Waals surface area contributed by atoms with Gasteiger partial charge in [0.1, 0.15) is 11.5 Å². The van der Waals surface area contributed by atoms with E-state index in [4.69, 9.17) is 32.4 Å². The van der Waals surface area contributed by atoms with Crippen LogP contribution >= 0.6 is 23.2 Å². The van der Waals surface area contributed by atoms with Gasteiger partial charge in [-0.15, -0.1) is 0 Å². The molecule has 0 bridgehead atoms. The zero-order valence-corrected chi connectivity index (χ0v) is 14.2. The summed E-state index contributed by atoms with van der Waals surface area (Å²) in [5.41, 5.74) is 1.18. The molecule has 0 spiro atoms. The molecule has 0 aliphatic heterocycles. The number of furan rings is 1. The highest BCUT2D eigenvalue weighted by Gasteiger charge is 2.16. The fourth-order valence-corrected chi connectivity index (χ4v) is 2.62. The van der Waals surface area contributed by atoms with Gasteiger partial charge in [-0.05, 0) is 36.4 Å². The van der Waals surface area contributed by atoms with Crippen LogP contribution in [-0.2, 0) is 0 Å². The van der Waals surface area contributed by atoms with Gasteiger partial charge in [0.05, 0.1) is 22.8 Å². The van der Waals surface area contributed by atoms with E-state index >= 15 is 0 Å². The van der Waals surface area contributed by atoms with Crippen molar-refractivity contribution in [3.05, 3.63) is 70.4 Å². The van der Waals surface area contributed by atoms with Crippen LogP contribution in [0, 0.1) is 0 Å². The second kappa shape index (κ2) is 6.99. The van der Waals surface area contributed by atoms with Crippen molar-refractivity contribution < 1.29 is 13.9 Å². The minimum atomic E-state index is -0.385. The summed E-state index contributed by atoms with van der Waals surface area (Å²) >= 11 is 12.2. The van der Waals surface area contributed by atoms with Crippen LogP contribution in [0.3, 0.4) is 0 Å². The Kier molecular flexibility index (Phi) is 4.79. The predicted molar refractivity (Wildman–Crippen MR) is 95.1 cm³/mol. The summed E-state index contributed by atoms with van der Waals surface area (Å²) in [6.07, 6.45) is 0. The molecule has 4 nitrogen and oxygen atoms in total. The lowest BCUT2D eigenvalue weighted by Gasteiger charge is -2.08.